The quantitative estimate of drug-likeness (QED) is 0.863. The maximum Gasteiger partial charge on any atom is 0.243 e. The monoisotopic (exact) mass is 326 g/mol. The minimum Gasteiger partial charge on any atom is -0.383 e. The summed E-state index contributed by atoms with van der Waals surface area (Å²) in [5.74, 6) is 0.254. The SMILES string of the molecule is Nc1ncc(Cl)c2c(S(=O)(=O)N3CC[C@@H](N)C3)cccc12. The summed E-state index contributed by atoms with van der Waals surface area (Å²) in [6.45, 7) is 0.731. The molecule has 1 fully saturated rings. The molecular weight excluding hydrogens is 312 g/mol. The number of nitrogen functional groups attached to an aromatic ring is 1. The molecule has 1 atom stereocenters. The number of rotatable bonds is 2. The summed E-state index contributed by atoms with van der Waals surface area (Å²) in [5, 5.41) is 1.21. The lowest BCUT2D eigenvalue weighted by Crippen LogP contribution is -2.32. The second-order valence-corrected chi connectivity index (χ2v) is 7.40. The number of halogens is 1. The first-order valence-electron chi connectivity index (χ1n) is 6.49. The molecule has 0 bridgehead atoms. The van der Waals surface area contributed by atoms with Gasteiger partial charge in [0, 0.05) is 36.1 Å². The van der Waals surface area contributed by atoms with Crippen LogP contribution in [-0.4, -0.2) is 36.8 Å². The Morgan fingerprint density at radius 2 is 2.14 bits per heavy atom. The number of pyridine rings is 1. The van der Waals surface area contributed by atoms with Crippen LogP contribution in [0.15, 0.2) is 29.3 Å². The van der Waals surface area contributed by atoms with Crippen molar-refractivity contribution in [3.05, 3.63) is 29.4 Å². The van der Waals surface area contributed by atoms with Gasteiger partial charge in [0.2, 0.25) is 10.0 Å². The molecule has 1 aliphatic rings. The Morgan fingerprint density at radius 3 is 2.81 bits per heavy atom. The minimum atomic E-state index is -3.65. The fourth-order valence-corrected chi connectivity index (χ4v) is 4.63. The van der Waals surface area contributed by atoms with Gasteiger partial charge in [-0.2, -0.15) is 4.31 Å². The van der Waals surface area contributed by atoms with Gasteiger partial charge in [0.15, 0.2) is 0 Å². The number of aromatic nitrogens is 1. The molecule has 0 spiro atoms. The van der Waals surface area contributed by atoms with E-state index in [1.807, 2.05) is 0 Å². The van der Waals surface area contributed by atoms with Crippen molar-refractivity contribution in [2.75, 3.05) is 18.8 Å². The summed E-state index contributed by atoms with van der Waals surface area (Å²) in [6.07, 6.45) is 2.02. The first-order chi connectivity index (χ1) is 9.91. The highest BCUT2D eigenvalue weighted by atomic mass is 35.5. The van der Waals surface area contributed by atoms with E-state index in [0.29, 0.717) is 30.3 Å². The van der Waals surface area contributed by atoms with E-state index >= 15 is 0 Å². The highest BCUT2D eigenvalue weighted by Gasteiger charge is 2.32. The molecule has 0 unspecified atom stereocenters. The highest BCUT2D eigenvalue weighted by molar-refractivity contribution is 7.89. The standard InChI is InChI=1S/C13H15ClN4O2S/c14-10-6-17-13(16)9-2-1-3-11(12(9)10)21(19,20)18-5-4-8(15)7-18/h1-3,6,8H,4-5,7,15H2,(H2,16,17)/t8-/m1/s1. The van der Waals surface area contributed by atoms with E-state index in [1.165, 1.54) is 16.6 Å². The van der Waals surface area contributed by atoms with Gasteiger partial charge in [-0.25, -0.2) is 13.4 Å². The van der Waals surface area contributed by atoms with Gasteiger partial charge in [0.25, 0.3) is 0 Å². The molecule has 0 radical (unpaired) electrons. The van der Waals surface area contributed by atoms with Crippen molar-refractivity contribution in [3.8, 4) is 0 Å². The van der Waals surface area contributed by atoms with Crippen LogP contribution in [0.25, 0.3) is 10.8 Å². The molecule has 2 heterocycles. The predicted octanol–water partition coefficient (Wildman–Crippen LogP) is 1.19. The Kier molecular flexibility index (Phi) is 3.53. The lowest BCUT2D eigenvalue weighted by molar-refractivity contribution is 0.473. The van der Waals surface area contributed by atoms with E-state index in [-0.39, 0.29) is 21.8 Å². The van der Waals surface area contributed by atoms with Gasteiger partial charge in [-0.3, -0.25) is 0 Å². The lowest BCUT2D eigenvalue weighted by Gasteiger charge is -2.18. The van der Waals surface area contributed by atoms with Gasteiger partial charge in [0.1, 0.15) is 5.82 Å². The van der Waals surface area contributed by atoms with E-state index in [4.69, 9.17) is 23.1 Å². The third-order valence-corrected chi connectivity index (χ3v) is 5.86. The van der Waals surface area contributed by atoms with Gasteiger partial charge >= 0.3 is 0 Å². The lowest BCUT2D eigenvalue weighted by atomic mass is 10.1. The average molecular weight is 327 g/mol. The number of nitrogens with zero attached hydrogens (tertiary/aromatic N) is 2. The molecule has 1 aromatic heterocycles. The van der Waals surface area contributed by atoms with Crippen molar-refractivity contribution >= 4 is 38.2 Å². The molecule has 2 aromatic rings. The number of benzene rings is 1. The highest BCUT2D eigenvalue weighted by Crippen LogP contribution is 2.34. The molecule has 1 aliphatic heterocycles. The molecule has 0 amide bonds. The second-order valence-electron chi connectivity index (χ2n) is 5.08. The van der Waals surface area contributed by atoms with Crippen LogP contribution in [-0.2, 0) is 10.0 Å². The first kappa shape index (κ1) is 14.5. The molecule has 1 aromatic carbocycles. The summed E-state index contributed by atoms with van der Waals surface area (Å²) >= 11 is 6.15. The average Bonchev–Trinajstić information content (AvgIpc) is 2.90. The van der Waals surface area contributed by atoms with Gasteiger partial charge in [-0.05, 0) is 12.5 Å². The van der Waals surface area contributed by atoms with Crippen LogP contribution in [0.2, 0.25) is 5.02 Å². The molecule has 112 valence electrons. The Hall–Kier alpha value is -1.41. The molecule has 6 nitrogen and oxygen atoms in total. The van der Waals surface area contributed by atoms with E-state index in [9.17, 15) is 8.42 Å². The van der Waals surface area contributed by atoms with Gasteiger partial charge < -0.3 is 11.5 Å². The summed E-state index contributed by atoms with van der Waals surface area (Å²) in [5.41, 5.74) is 11.6. The number of nitrogens with two attached hydrogens (primary N) is 2. The van der Waals surface area contributed by atoms with Crippen molar-refractivity contribution in [1.82, 2.24) is 9.29 Å². The molecule has 4 N–H and O–H groups in total. The van der Waals surface area contributed by atoms with Crippen LogP contribution in [0.3, 0.4) is 0 Å². The van der Waals surface area contributed by atoms with Crippen LogP contribution in [0.4, 0.5) is 5.82 Å². The molecule has 1 saturated heterocycles. The van der Waals surface area contributed by atoms with Crippen LogP contribution >= 0.6 is 11.6 Å². The predicted molar refractivity (Wildman–Crippen MR) is 82.5 cm³/mol. The third-order valence-electron chi connectivity index (χ3n) is 3.66. The van der Waals surface area contributed by atoms with Crippen molar-refractivity contribution in [3.63, 3.8) is 0 Å². The van der Waals surface area contributed by atoms with Gasteiger partial charge in [-0.15, -0.1) is 0 Å². The molecule has 3 rings (SSSR count). The van der Waals surface area contributed by atoms with E-state index in [1.54, 1.807) is 12.1 Å². The number of anilines is 1. The summed E-state index contributed by atoms with van der Waals surface area (Å²) in [4.78, 5) is 4.10. The second kappa shape index (κ2) is 5.10. The van der Waals surface area contributed by atoms with Crippen LogP contribution in [0, 0.1) is 0 Å². The molecule has 21 heavy (non-hydrogen) atoms. The number of hydrogen-bond acceptors (Lipinski definition) is 5. The Bertz CT molecular complexity index is 809. The minimum absolute atomic E-state index is 0.128. The molecule has 8 heteroatoms. The number of sulfonamides is 1. The van der Waals surface area contributed by atoms with E-state index in [2.05, 4.69) is 4.98 Å². The van der Waals surface area contributed by atoms with E-state index in [0.717, 1.165) is 0 Å². The molecule has 0 aliphatic carbocycles. The van der Waals surface area contributed by atoms with Gasteiger partial charge in [0.05, 0.1) is 9.92 Å². The third kappa shape index (κ3) is 2.36. The zero-order valence-corrected chi connectivity index (χ0v) is 12.7. The summed E-state index contributed by atoms with van der Waals surface area (Å²) < 4.78 is 27.0. The number of fused-ring (bicyclic) bond motifs is 1. The van der Waals surface area contributed by atoms with Crippen LogP contribution in [0.5, 0.6) is 0 Å². The van der Waals surface area contributed by atoms with Crippen LogP contribution in [0.1, 0.15) is 6.42 Å². The zero-order chi connectivity index (χ0) is 15.2. The zero-order valence-electron chi connectivity index (χ0n) is 11.2. The first-order valence-corrected chi connectivity index (χ1v) is 8.31. The largest absolute Gasteiger partial charge is 0.383 e. The summed E-state index contributed by atoms with van der Waals surface area (Å²) in [6, 6.07) is 4.75. The van der Waals surface area contributed by atoms with Crippen molar-refractivity contribution < 1.29 is 8.42 Å². The Balaban J connectivity index is 2.23. The number of hydrogen-bond donors (Lipinski definition) is 2. The Labute approximate surface area is 127 Å². The van der Waals surface area contributed by atoms with Crippen molar-refractivity contribution in [1.29, 1.82) is 0 Å². The van der Waals surface area contributed by atoms with Gasteiger partial charge in [-0.1, -0.05) is 23.7 Å². The van der Waals surface area contributed by atoms with Crippen molar-refractivity contribution in [2.24, 2.45) is 5.73 Å². The van der Waals surface area contributed by atoms with Crippen molar-refractivity contribution in [2.45, 2.75) is 17.4 Å². The topological polar surface area (TPSA) is 102 Å². The van der Waals surface area contributed by atoms with Crippen LogP contribution < -0.4 is 11.5 Å². The fraction of sp³-hybridized carbons (Fsp3) is 0.308. The normalized spacial score (nSPS) is 20.2. The molecule has 0 saturated carbocycles. The van der Waals surface area contributed by atoms with E-state index < -0.39 is 10.0 Å². The summed E-state index contributed by atoms with van der Waals surface area (Å²) in [7, 11) is -3.65. The maximum atomic E-state index is 12.8. The Morgan fingerprint density at radius 1 is 1.38 bits per heavy atom. The molecular formula is C13H15ClN4O2S. The maximum absolute atomic E-state index is 12.8. The smallest absolute Gasteiger partial charge is 0.243 e. The fourth-order valence-electron chi connectivity index (χ4n) is 2.58.